The zero-order valence-corrected chi connectivity index (χ0v) is 12.7. The van der Waals surface area contributed by atoms with Crippen LogP contribution in [0.25, 0.3) is 33.3 Å². The molecule has 0 spiro atoms. The zero-order valence-electron chi connectivity index (χ0n) is 11.9. The Morgan fingerprint density at radius 3 is 2.70 bits per heavy atom. The Balaban J connectivity index is 1.89. The van der Waals surface area contributed by atoms with E-state index in [1.165, 1.54) is 6.07 Å². The average molecular weight is 324 g/mol. The number of fused-ring (bicyclic) bond motifs is 1. The molecule has 0 fully saturated rings. The van der Waals surface area contributed by atoms with Gasteiger partial charge in [0.25, 0.3) is 0 Å². The molecular formula is C18H11ClFN3. The Hall–Kier alpha value is -2.72. The molecule has 0 aliphatic carbocycles. The highest BCUT2D eigenvalue weighted by molar-refractivity contribution is 6.31. The smallest absolute Gasteiger partial charge is 0.141 e. The first kappa shape index (κ1) is 13.9. The SMILES string of the molecule is Fc1ccc(-c2c[nH]c3ncc(-c4cccnc4)cc23)cc1Cl. The van der Waals surface area contributed by atoms with Crippen molar-refractivity contribution in [1.82, 2.24) is 15.0 Å². The van der Waals surface area contributed by atoms with Crippen LogP contribution in [0.5, 0.6) is 0 Å². The fourth-order valence-electron chi connectivity index (χ4n) is 2.60. The summed E-state index contributed by atoms with van der Waals surface area (Å²) in [7, 11) is 0. The molecule has 0 aliphatic heterocycles. The molecule has 0 radical (unpaired) electrons. The van der Waals surface area contributed by atoms with Crippen molar-refractivity contribution in [2.24, 2.45) is 0 Å². The predicted octanol–water partition coefficient (Wildman–Crippen LogP) is 5.08. The number of hydrogen-bond acceptors (Lipinski definition) is 2. The summed E-state index contributed by atoms with van der Waals surface area (Å²) in [6, 6.07) is 10.6. The molecule has 4 rings (SSSR count). The van der Waals surface area contributed by atoms with Gasteiger partial charge in [-0.25, -0.2) is 9.37 Å². The number of pyridine rings is 2. The van der Waals surface area contributed by atoms with E-state index in [2.05, 4.69) is 15.0 Å². The van der Waals surface area contributed by atoms with Crippen molar-refractivity contribution in [3.8, 4) is 22.3 Å². The minimum absolute atomic E-state index is 0.105. The lowest BCUT2D eigenvalue weighted by molar-refractivity contribution is 0.628. The van der Waals surface area contributed by atoms with Gasteiger partial charge < -0.3 is 4.98 Å². The maximum Gasteiger partial charge on any atom is 0.141 e. The molecule has 5 heteroatoms. The Kier molecular flexibility index (Phi) is 3.32. The summed E-state index contributed by atoms with van der Waals surface area (Å²) in [4.78, 5) is 11.7. The largest absolute Gasteiger partial charge is 0.346 e. The molecule has 3 aromatic heterocycles. The van der Waals surface area contributed by atoms with Gasteiger partial charge in [0.2, 0.25) is 0 Å². The quantitative estimate of drug-likeness (QED) is 0.558. The molecule has 0 saturated heterocycles. The summed E-state index contributed by atoms with van der Waals surface area (Å²) in [5, 5.41) is 1.06. The van der Waals surface area contributed by atoms with E-state index in [4.69, 9.17) is 11.6 Å². The van der Waals surface area contributed by atoms with Crippen LogP contribution in [-0.2, 0) is 0 Å². The van der Waals surface area contributed by atoms with E-state index in [9.17, 15) is 4.39 Å². The second-order valence-electron chi connectivity index (χ2n) is 5.19. The highest BCUT2D eigenvalue weighted by atomic mass is 35.5. The fraction of sp³-hybridized carbons (Fsp3) is 0. The highest BCUT2D eigenvalue weighted by Crippen LogP contribution is 2.32. The van der Waals surface area contributed by atoms with E-state index in [0.717, 1.165) is 33.3 Å². The topological polar surface area (TPSA) is 41.6 Å². The van der Waals surface area contributed by atoms with Crippen molar-refractivity contribution < 1.29 is 4.39 Å². The summed E-state index contributed by atoms with van der Waals surface area (Å²) < 4.78 is 13.4. The first-order valence-electron chi connectivity index (χ1n) is 7.05. The van der Waals surface area contributed by atoms with Crippen LogP contribution >= 0.6 is 11.6 Å². The van der Waals surface area contributed by atoms with Crippen molar-refractivity contribution in [3.05, 3.63) is 72.0 Å². The normalized spacial score (nSPS) is 11.0. The van der Waals surface area contributed by atoms with Crippen LogP contribution in [0.3, 0.4) is 0 Å². The number of benzene rings is 1. The van der Waals surface area contributed by atoms with Crippen LogP contribution < -0.4 is 0 Å². The summed E-state index contributed by atoms with van der Waals surface area (Å²) >= 11 is 5.90. The van der Waals surface area contributed by atoms with Gasteiger partial charge in [-0.15, -0.1) is 0 Å². The molecule has 0 aliphatic rings. The molecule has 112 valence electrons. The second kappa shape index (κ2) is 5.48. The molecule has 0 bridgehead atoms. The number of hydrogen-bond donors (Lipinski definition) is 1. The molecular weight excluding hydrogens is 313 g/mol. The third kappa shape index (κ3) is 2.47. The van der Waals surface area contributed by atoms with Gasteiger partial charge in [-0.2, -0.15) is 0 Å². The molecule has 3 nitrogen and oxygen atoms in total. The number of aromatic amines is 1. The Bertz CT molecular complexity index is 996. The number of nitrogens with zero attached hydrogens (tertiary/aromatic N) is 2. The Labute approximate surface area is 136 Å². The molecule has 0 amide bonds. The summed E-state index contributed by atoms with van der Waals surface area (Å²) in [5.74, 6) is -0.426. The molecule has 0 saturated carbocycles. The van der Waals surface area contributed by atoms with Gasteiger partial charge in [-0.3, -0.25) is 4.98 Å². The standard InChI is InChI=1S/C18H11ClFN3/c19-16-7-11(3-4-17(16)20)15-10-23-18-14(15)6-13(9-22-18)12-2-1-5-21-8-12/h1-10H,(H,22,23). The number of rotatable bonds is 2. The lowest BCUT2D eigenvalue weighted by Gasteiger charge is -2.04. The maximum atomic E-state index is 13.4. The van der Waals surface area contributed by atoms with Gasteiger partial charge in [0.1, 0.15) is 11.5 Å². The number of halogens is 2. The monoisotopic (exact) mass is 323 g/mol. The van der Waals surface area contributed by atoms with Crippen LogP contribution in [0, 0.1) is 5.82 Å². The van der Waals surface area contributed by atoms with Crippen LogP contribution in [0.15, 0.2) is 61.2 Å². The minimum Gasteiger partial charge on any atom is -0.346 e. The molecule has 3 heterocycles. The summed E-state index contributed by atoms with van der Waals surface area (Å²) in [6.45, 7) is 0. The Morgan fingerprint density at radius 1 is 1.00 bits per heavy atom. The van der Waals surface area contributed by atoms with Gasteiger partial charge in [-0.05, 0) is 29.8 Å². The molecule has 4 aromatic rings. The third-order valence-electron chi connectivity index (χ3n) is 3.76. The number of nitrogens with one attached hydrogen (secondary N) is 1. The first-order chi connectivity index (χ1) is 11.2. The number of H-pyrrole nitrogens is 1. The van der Waals surface area contributed by atoms with Crippen LogP contribution in [-0.4, -0.2) is 15.0 Å². The van der Waals surface area contributed by atoms with Crippen molar-refractivity contribution in [2.75, 3.05) is 0 Å². The van der Waals surface area contributed by atoms with E-state index in [0.29, 0.717) is 0 Å². The van der Waals surface area contributed by atoms with E-state index < -0.39 is 5.82 Å². The van der Waals surface area contributed by atoms with E-state index in [1.807, 2.05) is 24.4 Å². The van der Waals surface area contributed by atoms with Crippen molar-refractivity contribution in [2.45, 2.75) is 0 Å². The van der Waals surface area contributed by atoms with Gasteiger partial charge in [0, 0.05) is 46.9 Å². The van der Waals surface area contributed by atoms with E-state index in [1.54, 1.807) is 30.7 Å². The van der Waals surface area contributed by atoms with Crippen LogP contribution in [0.2, 0.25) is 5.02 Å². The van der Waals surface area contributed by atoms with E-state index >= 15 is 0 Å². The molecule has 0 atom stereocenters. The fourth-order valence-corrected chi connectivity index (χ4v) is 2.78. The van der Waals surface area contributed by atoms with Crippen LogP contribution in [0.4, 0.5) is 4.39 Å². The van der Waals surface area contributed by atoms with Crippen LogP contribution in [0.1, 0.15) is 0 Å². The van der Waals surface area contributed by atoms with Crippen molar-refractivity contribution in [3.63, 3.8) is 0 Å². The van der Waals surface area contributed by atoms with Crippen molar-refractivity contribution in [1.29, 1.82) is 0 Å². The average Bonchev–Trinajstić information content (AvgIpc) is 3.01. The molecule has 1 aromatic carbocycles. The zero-order chi connectivity index (χ0) is 15.8. The predicted molar refractivity (Wildman–Crippen MR) is 89.7 cm³/mol. The summed E-state index contributed by atoms with van der Waals surface area (Å²) in [5.41, 5.74) is 4.51. The second-order valence-corrected chi connectivity index (χ2v) is 5.60. The minimum atomic E-state index is -0.426. The lowest BCUT2D eigenvalue weighted by atomic mass is 10.0. The van der Waals surface area contributed by atoms with Gasteiger partial charge >= 0.3 is 0 Å². The first-order valence-corrected chi connectivity index (χ1v) is 7.43. The van der Waals surface area contributed by atoms with Gasteiger partial charge in [0.05, 0.1) is 5.02 Å². The van der Waals surface area contributed by atoms with Gasteiger partial charge in [-0.1, -0.05) is 23.7 Å². The van der Waals surface area contributed by atoms with Crippen molar-refractivity contribution >= 4 is 22.6 Å². The molecule has 23 heavy (non-hydrogen) atoms. The Morgan fingerprint density at radius 2 is 1.91 bits per heavy atom. The lowest BCUT2D eigenvalue weighted by Crippen LogP contribution is -1.84. The molecule has 1 N–H and O–H groups in total. The molecule has 0 unspecified atom stereocenters. The van der Waals surface area contributed by atoms with Gasteiger partial charge in [0.15, 0.2) is 0 Å². The third-order valence-corrected chi connectivity index (χ3v) is 4.05. The number of aromatic nitrogens is 3. The van der Waals surface area contributed by atoms with E-state index in [-0.39, 0.29) is 5.02 Å². The summed E-state index contributed by atoms with van der Waals surface area (Å²) in [6.07, 6.45) is 7.19. The maximum absolute atomic E-state index is 13.4. The highest BCUT2D eigenvalue weighted by Gasteiger charge is 2.10.